The van der Waals surface area contributed by atoms with Crippen LogP contribution in [0, 0.1) is 5.92 Å². The minimum atomic E-state index is 0.684. The molecule has 80 valence electrons. The SMILES string of the molecule is C=C(c1ccccc1)C1CCN(C)CC1. The number of benzene rings is 1. The number of piperidine rings is 1. The summed E-state index contributed by atoms with van der Waals surface area (Å²) in [7, 11) is 2.20. The fraction of sp³-hybridized carbons (Fsp3) is 0.429. The number of allylic oxidation sites excluding steroid dienone is 1. The number of likely N-dealkylation sites (tertiary alicyclic amines) is 1. The Morgan fingerprint density at radius 1 is 1.20 bits per heavy atom. The van der Waals surface area contributed by atoms with Gasteiger partial charge in [0, 0.05) is 0 Å². The first-order valence-electron chi connectivity index (χ1n) is 5.70. The summed E-state index contributed by atoms with van der Waals surface area (Å²) >= 11 is 0. The molecule has 1 aliphatic heterocycles. The normalized spacial score (nSPS) is 19.0. The van der Waals surface area contributed by atoms with Crippen molar-refractivity contribution < 1.29 is 0 Å². The maximum absolute atomic E-state index is 4.26. The van der Waals surface area contributed by atoms with Crippen LogP contribution in [-0.4, -0.2) is 25.0 Å². The van der Waals surface area contributed by atoms with E-state index >= 15 is 0 Å². The lowest BCUT2D eigenvalue weighted by Gasteiger charge is -2.30. The second kappa shape index (κ2) is 4.63. The summed E-state index contributed by atoms with van der Waals surface area (Å²) in [6.45, 7) is 6.66. The molecule has 1 nitrogen and oxygen atoms in total. The summed E-state index contributed by atoms with van der Waals surface area (Å²) in [6.07, 6.45) is 2.51. The monoisotopic (exact) mass is 201 g/mol. The summed E-state index contributed by atoms with van der Waals surface area (Å²) in [5, 5.41) is 0. The minimum Gasteiger partial charge on any atom is -0.306 e. The molecule has 0 radical (unpaired) electrons. The first-order valence-corrected chi connectivity index (χ1v) is 5.70. The molecule has 0 saturated carbocycles. The Kier molecular flexibility index (Phi) is 3.22. The maximum Gasteiger partial charge on any atom is -0.00159 e. The van der Waals surface area contributed by atoms with E-state index in [2.05, 4.69) is 48.9 Å². The van der Waals surface area contributed by atoms with Crippen molar-refractivity contribution in [3.05, 3.63) is 42.5 Å². The molecule has 1 aliphatic rings. The summed E-state index contributed by atoms with van der Waals surface area (Å²) < 4.78 is 0. The van der Waals surface area contributed by atoms with E-state index in [0.29, 0.717) is 5.92 Å². The van der Waals surface area contributed by atoms with E-state index < -0.39 is 0 Å². The average Bonchev–Trinajstić information content (AvgIpc) is 2.30. The Hall–Kier alpha value is -1.08. The molecule has 0 aromatic heterocycles. The van der Waals surface area contributed by atoms with Crippen LogP contribution in [0.1, 0.15) is 18.4 Å². The van der Waals surface area contributed by atoms with Gasteiger partial charge in [-0.05, 0) is 50.0 Å². The smallest absolute Gasteiger partial charge is 0.00159 e. The highest BCUT2D eigenvalue weighted by Crippen LogP contribution is 2.29. The molecule has 15 heavy (non-hydrogen) atoms. The summed E-state index contributed by atoms with van der Waals surface area (Å²) in [6, 6.07) is 10.6. The fourth-order valence-electron chi connectivity index (χ4n) is 2.24. The van der Waals surface area contributed by atoms with Gasteiger partial charge in [-0.2, -0.15) is 0 Å². The highest BCUT2D eigenvalue weighted by Gasteiger charge is 2.19. The number of hydrogen-bond acceptors (Lipinski definition) is 1. The fourth-order valence-corrected chi connectivity index (χ4v) is 2.24. The van der Waals surface area contributed by atoms with Gasteiger partial charge in [0.15, 0.2) is 0 Å². The molecule has 0 bridgehead atoms. The van der Waals surface area contributed by atoms with E-state index in [1.165, 1.54) is 37.1 Å². The Bertz CT molecular complexity index is 320. The molecule has 1 heterocycles. The topological polar surface area (TPSA) is 3.24 Å². The summed E-state index contributed by atoms with van der Waals surface area (Å²) in [5.41, 5.74) is 2.63. The quantitative estimate of drug-likeness (QED) is 0.711. The highest BCUT2D eigenvalue weighted by molar-refractivity contribution is 5.65. The molecular weight excluding hydrogens is 182 g/mol. The second-order valence-electron chi connectivity index (χ2n) is 4.47. The molecular formula is C14H19N. The molecule has 0 aliphatic carbocycles. The van der Waals surface area contributed by atoms with Crippen molar-refractivity contribution >= 4 is 5.57 Å². The van der Waals surface area contributed by atoms with Gasteiger partial charge in [0.25, 0.3) is 0 Å². The van der Waals surface area contributed by atoms with Crippen molar-refractivity contribution in [3.8, 4) is 0 Å². The lowest BCUT2D eigenvalue weighted by molar-refractivity contribution is 0.248. The third kappa shape index (κ3) is 2.48. The van der Waals surface area contributed by atoms with E-state index in [1.54, 1.807) is 0 Å². The van der Waals surface area contributed by atoms with E-state index in [9.17, 15) is 0 Å². The summed E-state index contributed by atoms with van der Waals surface area (Å²) in [4.78, 5) is 2.40. The third-order valence-corrected chi connectivity index (χ3v) is 3.36. The zero-order valence-electron chi connectivity index (χ0n) is 9.45. The predicted octanol–water partition coefficient (Wildman–Crippen LogP) is 3.04. The van der Waals surface area contributed by atoms with Gasteiger partial charge < -0.3 is 4.90 Å². The van der Waals surface area contributed by atoms with Crippen LogP contribution in [0.2, 0.25) is 0 Å². The Morgan fingerprint density at radius 2 is 1.80 bits per heavy atom. The minimum absolute atomic E-state index is 0.684. The van der Waals surface area contributed by atoms with Gasteiger partial charge in [-0.15, -0.1) is 0 Å². The second-order valence-corrected chi connectivity index (χ2v) is 4.47. The van der Waals surface area contributed by atoms with Crippen LogP contribution < -0.4 is 0 Å². The molecule has 0 spiro atoms. The van der Waals surface area contributed by atoms with Crippen molar-refractivity contribution in [1.29, 1.82) is 0 Å². The Balaban J connectivity index is 2.03. The first-order chi connectivity index (χ1) is 7.27. The first kappa shape index (κ1) is 10.4. The van der Waals surface area contributed by atoms with E-state index in [1.807, 2.05) is 0 Å². The van der Waals surface area contributed by atoms with Gasteiger partial charge in [0.1, 0.15) is 0 Å². The van der Waals surface area contributed by atoms with Crippen LogP contribution in [0.25, 0.3) is 5.57 Å². The molecule has 1 heteroatoms. The van der Waals surface area contributed by atoms with Crippen molar-refractivity contribution in [2.24, 2.45) is 5.92 Å². The van der Waals surface area contributed by atoms with Gasteiger partial charge >= 0.3 is 0 Å². The van der Waals surface area contributed by atoms with Gasteiger partial charge in [0.05, 0.1) is 0 Å². The Labute approximate surface area is 92.4 Å². The third-order valence-electron chi connectivity index (χ3n) is 3.36. The lowest BCUT2D eigenvalue weighted by atomic mass is 9.86. The van der Waals surface area contributed by atoms with Crippen molar-refractivity contribution in [1.82, 2.24) is 4.90 Å². The van der Waals surface area contributed by atoms with E-state index in [-0.39, 0.29) is 0 Å². The molecule has 0 amide bonds. The largest absolute Gasteiger partial charge is 0.306 e. The molecule has 1 saturated heterocycles. The molecule has 1 aromatic rings. The standard InChI is InChI=1S/C14H19N/c1-12(13-6-4-3-5-7-13)14-8-10-15(2)11-9-14/h3-7,14H,1,8-11H2,2H3. The number of hydrogen-bond donors (Lipinski definition) is 0. The molecule has 0 atom stereocenters. The van der Waals surface area contributed by atoms with Crippen molar-refractivity contribution in [2.45, 2.75) is 12.8 Å². The molecule has 2 rings (SSSR count). The maximum atomic E-state index is 4.26. The van der Waals surface area contributed by atoms with Gasteiger partial charge in [0.2, 0.25) is 0 Å². The van der Waals surface area contributed by atoms with Crippen LogP contribution in [0.3, 0.4) is 0 Å². The average molecular weight is 201 g/mol. The molecule has 0 N–H and O–H groups in total. The van der Waals surface area contributed by atoms with Crippen LogP contribution in [0.5, 0.6) is 0 Å². The zero-order chi connectivity index (χ0) is 10.7. The van der Waals surface area contributed by atoms with Gasteiger partial charge in [-0.25, -0.2) is 0 Å². The predicted molar refractivity (Wildman–Crippen MR) is 65.7 cm³/mol. The van der Waals surface area contributed by atoms with Crippen LogP contribution in [0.4, 0.5) is 0 Å². The van der Waals surface area contributed by atoms with Gasteiger partial charge in [-0.3, -0.25) is 0 Å². The Morgan fingerprint density at radius 3 is 2.40 bits per heavy atom. The highest BCUT2D eigenvalue weighted by atomic mass is 15.1. The molecule has 1 fully saturated rings. The van der Waals surface area contributed by atoms with Crippen LogP contribution in [0.15, 0.2) is 36.9 Å². The van der Waals surface area contributed by atoms with E-state index in [4.69, 9.17) is 0 Å². The van der Waals surface area contributed by atoms with Crippen LogP contribution >= 0.6 is 0 Å². The summed E-state index contributed by atoms with van der Waals surface area (Å²) in [5.74, 6) is 0.684. The van der Waals surface area contributed by atoms with Gasteiger partial charge in [-0.1, -0.05) is 36.9 Å². The molecule has 1 aromatic carbocycles. The molecule has 0 unspecified atom stereocenters. The lowest BCUT2D eigenvalue weighted by Crippen LogP contribution is -2.30. The number of nitrogens with zero attached hydrogens (tertiary/aromatic N) is 1. The van der Waals surface area contributed by atoms with Crippen molar-refractivity contribution in [3.63, 3.8) is 0 Å². The number of rotatable bonds is 2. The van der Waals surface area contributed by atoms with Crippen molar-refractivity contribution in [2.75, 3.05) is 20.1 Å². The zero-order valence-corrected chi connectivity index (χ0v) is 9.45. The van der Waals surface area contributed by atoms with Crippen LogP contribution in [-0.2, 0) is 0 Å². The van der Waals surface area contributed by atoms with E-state index in [0.717, 1.165) is 0 Å².